The van der Waals surface area contributed by atoms with Crippen molar-refractivity contribution in [3.8, 4) is 5.75 Å². The number of anilines is 2. The van der Waals surface area contributed by atoms with Gasteiger partial charge in [-0.05, 0) is 36.4 Å². The molecule has 1 heterocycles. The lowest BCUT2D eigenvalue weighted by molar-refractivity contribution is -0.137. The summed E-state index contributed by atoms with van der Waals surface area (Å²) in [6, 6.07) is 10.1. The Balaban J connectivity index is 1.81. The van der Waals surface area contributed by atoms with E-state index >= 15 is 0 Å². The van der Waals surface area contributed by atoms with E-state index < -0.39 is 29.2 Å². The average Bonchev–Trinajstić information content (AvgIpc) is 3.09. The second-order valence-electron chi connectivity index (χ2n) is 6.29. The van der Waals surface area contributed by atoms with Gasteiger partial charge in [-0.2, -0.15) is 13.2 Å². The molecule has 0 aliphatic rings. The topological polar surface area (TPSA) is 80.6 Å². The van der Waals surface area contributed by atoms with Crippen molar-refractivity contribution in [2.24, 2.45) is 0 Å². The number of benzene rings is 2. The van der Waals surface area contributed by atoms with Crippen molar-refractivity contribution < 1.29 is 31.9 Å². The van der Waals surface area contributed by atoms with Crippen LogP contribution in [0.4, 0.5) is 24.5 Å². The Bertz CT molecular complexity index is 1130. The lowest BCUT2D eigenvalue weighted by Gasteiger charge is -2.15. The molecule has 3 aromatic rings. The fraction of sp³-hybridized carbons (Fsp3) is 0.143. The van der Waals surface area contributed by atoms with E-state index in [4.69, 9.17) is 9.15 Å². The maximum absolute atomic E-state index is 13.3. The van der Waals surface area contributed by atoms with Gasteiger partial charge in [0.25, 0.3) is 0 Å². The van der Waals surface area contributed by atoms with Crippen molar-refractivity contribution in [3.63, 3.8) is 0 Å². The normalized spacial score (nSPS) is 11.6. The maximum atomic E-state index is 13.3. The number of amides is 2. The third-order valence-corrected chi connectivity index (χ3v) is 4.05. The SMILES string of the molecule is COc1cccc2cc(/C=C/C(=O)Nc3ccc(NC(C)=O)cc3C(F)(F)F)oc12. The highest BCUT2D eigenvalue weighted by Gasteiger charge is 2.34. The molecule has 2 aromatic carbocycles. The largest absolute Gasteiger partial charge is 0.493 e. The van der Waals surface area contributed by atoms with Crippen LogP contribution in [0.1, 0.15) is 18.2 Å². The van der Waals surface area contributed by atoms with Crippen LogP contribution in [0.2, 0.25) is 0 Å². The predicted molar refractivity (Wildman–Crippen MR) is 106 cm³/mol. The van der Waals surface area contributed by atoms with Crippen LogP contribution in [0.25, 0.3) is 17.0 Å². The first-order chi connectivity index (χ1) is 14.2. The van der Waals surface area contributed by atoms with Gasteiger partial charge in [-0.3, -0.25) is 9.59 Å². The van der Waals surface area contributed by atoms with E-state index in [1.54, 1.807) is 24.3 Å². The van der Waals surface area contributed by atoms with Crippen molar-refractivity contribution in [2.75, 3.05) is 17.7 Å². The summed E-state index contributed by atoms with van der Waals surface area (Å²) in [5.41, 5.74) is -1.05. The first-order valence-corrected chi connectivity index (χ1v) is 8.72. The molecule has 6 nitrogen and oxygen atoms in total. The van der Waals surface area contributed by atoms with Gasteiger partial charge in [0.05, 0.1) is 18.4 Å². The Hall–Kier alpha value is -3.75. The molecule has 0 radical (unpaired) electrons. The summed E-state index contributed by atoms with van der Waals surface area (Å²) in [5, 5.41) is 5.23. The third-order valence-electron chi connectivity index (χ3n) is 4.05. The van der Waals surface area contributed by atoms with Crippen LogP contribution in [0.15, 0.2) is 53.0 Å². The zero-order chi connectivity index (χ0) is 21.9. The van der Waals surface area contributed by atoms with Gasteiger partial charge in [0.2, 0.25) is 11.8 Å². The Morgan fingerprint density at radius 1 is 1.10 bits per heavy atom. The van der Waals surface area contributed by atoms with Crippen molar-refractivity contribution in [2.45, 2.75) is 13.1 Å². The Morgan fingerprint density at radius 2 is 1.87 bits per heavy atom. The molecule has 3 rings (SSSR count). The number of carbonyl (C=O) groups excluding carboxylic acids is 2. The van der Waals surface area contributed by atoms with Crippen LogP contribution in [0, 0.1) is 0 Å². The maximum Gasteiger partial charge on any atom is 0.418 e. The standard InChI is InChI=1S/C21H17F3N2O4/c1-12(27)25-14-6-8-17(16(11-14)21(22,23)24)26-19(28)9-7-15-10-13-4-3-5-18(29-2)20(13)30-15/h3-11H,1-2H3,(H,25,27)(H,26,28)/b9-7+. The van der Waals surface area contributed by atoms with Crippen LogP contribution >= 0.6 is 0 Å². The van der Waals surface area contributed by atoms with Crippen molar-refractivity contribution >= 4 is 40.2 Å². The van der Waals surface area contributed by atoms with E-state index in [1.807, 2.05) is 0 Å². The van der Waals surface area contributed by atoms with Gasteiger partial charge in [0.15, 0.2) is 11.3 Å². The van der Waals surface area contributed by atoms with Crippen molar-refractivity contribution in [1.29, 1.82) is 0 Å². The first kappa shape index (κ1) is 21.0. The molecule has 0 aliphatic heterocycles. The molecule has 1 aromatic heterocycles. The fourth-order valence-corrected chi connectivity index (χ4v) is 2.80. The molecule has 2 N–H and O–H groups in total. The van der Waals surface area contributed by atoms with Gasteiger partial charge in [0, 0.05) is 24.1 Å². The van der Waals surface area contributed by atoms with Crippen molar-refractivity contribution in [3.05, 3.63) is 59.9 Å². The van der Waals surface area contributed by atoms with E-state index in [0.29, 0.717) is 17.1 Å². The molecule has 0 spiro atoms. The molecular weight excluding hydrogens is 401 g/mol. The van der Waals surface area contributed by atoms with Gasteiger partial charge in [-0.15, -0.1) is 0 Å². The number of alkyl halides is 3. The van der Waals surface area contributed by atoms with Gasteiger partial charge >= 0.3 is 6.18 Å². The summed E-state index contributed by atoms with van der Waals surface area (Å²) in [7, 11) is 1.50. The number of carbonyl (C=O) groups is 2. The number of fused-ring (bicyclic) bond motifs is 1. The van der Waals surface area contributed by atoms with E-state index in [2.05, 4.69) is 10.6 Å². The summed E-state index contributed by atoms with van der Waals surface area (Å²) >= 11 is 0. The molecule has 0 saturated carbocycles. The Morgan fingerprint density at radius 3 is 2.53 bits per heavy atom. The minimum atomic E-state index is -4.73. The van der Waals surface area contributed by atoms with Crippen LogP contribution in [-0.4, -0.2) is 18.9 Å². The number of hydrogen-bond acceptors (Lipinski definition) is 4. The summed E-state index contributed by atoms with van der Waals surface area (Å²) < 4.78 is 50.8. The van der Waals surface area contributed by atoms with Gasteiger partial charge in [0.1, 0.15) is 5.76 Å². The van der Waals surface area contributed by atoms with Crippen LogP contribution < -0.4 is 15.4 Å². The molecule has 0 atom stereocenters. The van der Waals surface area contributed by atoms with E-state index in [1.165, 1.54) is 26.2 Å². The molecule has 0 bridgehead atoms. The van der Waals surface area contributed by atoms with E-state index in [-0.39, 0.29) is 5.69 Å². The highest BCUT2D eigenvalue weighted by Crippen LogP contribution is 2.36. The highest BCUT2D eigenvalue weighted by molar-refractivity contribution is 6.03. The summed E-state index contributed by atoms with van der Waals surface area (Å²) in [4.78, 5) is 23.2. The average molecular weight is 418 g/mol. The number of ether oxygens (including phenoxy) is 1. The number of furan rings is 1. The predicted octanol–water partition coefficient (Wildman–Crippen LogP) is 5.07. The summed E-state index contributed by atoms with van der Waals surface area (Å²) in [6.07, 6.45) is -2.32. The number of rotatable bonds is 5. The first-order valence-electron chi connectivity index (χ1n) is 8.72. The zero-order valence-electron chi connectivity index (χ0n) is 16.0. The monoisotopic (exact) mass is 418 g/mol. The molecule has 30 heavy (non-hydrogen) atoms. The number of hydrogen-bond donors (Lipinski definition) is 2. The molecule has 2 amide bonds. The number of halogens is 3. The number of nitrogens with one attached hydrogen (secondary N) is 2. The van der Waals surface area contributed by atoms with Gasteiger partial charge in [-0.1, -0.05) is 12.1 Å². The van der Waals surface area contributed by atoms with Crippen LogP contribution in [0.5, 0.6) is 5.75 Å². The quantitative estimate of drug-likeness (QED) is 0.567. The second kappa shape index (κ2) is 8.32. The minimum absolute atomic E-state index is 0.0282. The van der Waals surface area contributed by atoms with E-state index in [9.17, 15) is 22.8 Å². The smallest absolute Gasteiger partial charge is 0.418 e. The van der Waals surface area contributed by atoms with Crippen LogP contribution in [-0.2, 0) is 15.8 Å². The third kappa shape index (κ3) is 4.80. The van der Waals surface area contributed by atoms with E-state index in [0.717, 1.165) is 23.6 Å². The molecule has 0 fully saturated rings. The summed E-state index contributed by atoms with van der Waals surface area (Å²) in [6.45, 7) is 1.18. The lowest BCUT2D eigenvalue weighted by Crippen LogP contribution is -2.16. The zero-order valence-corrected chi connectivity index (χ0v) is 16.0. The molecule has 9 heteroatoms. The minimum Gasteiger partial charge on any atom is -0.493 e. The van der Waals surface area contributed by atoms with Gasteiger partial charge in [-0.25, -0.2) is 0 Å². The summed E-state index contributed by atoms with van der Waals surface area (Å²) in [5.74, 6) is -0.433. The fourth-order valence-electron chi connectivity index (χ4n) is 2.80. The lowest BCUT2D eigenvalue weighted by atomic mass is 10.1. The molecule has 0 aliphatic carbocycles. The highest BCUT2D eigenvalue weighted by atomic mass is 19.4. The van der Waals surface area contributed by atoms with Gasteiger partial charge < -0.3 is 19.8 Å². The Kier molecular flexibility index (Phi) is 5.81. The van der Waals surface area contributed by atoms with Crippen LogP contribution in [0.3, 0.4) is 0 Å². The second-order valence-corrected chi connectivity index (χ2v) is 6.29. The molecular formula is C21H17F3N2O4. The molecule has 0 unspecified atom stereocenters. The number of para-hydroxylation sites is 1. The molecule has 156 valence electrons. The number of methoxy groups -OCH3 is 1. The van der Waals surface area contributed by atoms with Crippen molar-refractivity contribution in [1.82, 2.24) is 0 Å². The molecule has 0 saturated heterocycles. The Labute approximate surface area is 169 Å².